The fourth-order valence-electron chi connectivity index (χ4n) is 0.775. The minimum absolute atomic E-state index is 0.544. The number of nitrogens with zero attached hydrogens (tertiary/aromatic N) is 1. The zero-order chi connectivity index (χ0) is 9.40. The van der Waals surface area contributed by atoms with Crippen LogP contribution in [0.2, 0.25) is 0 Å². The smallest absolute Gasteiger partial charge is 0.143 e. The van der Waals surface area contributed by atoms with Crippen LogP contribution in [-0.2, 0) is 4.79 Å². The maximum Gasteiger partial charge on any atom is 0.143 e. The van der Waals surface area contributed by atoms with E-state index in [1.807, 2.05) is 19.9 Å². The Morgan fingerprint density at radius 3 is 2.58 bits per heavy atom. The lowest BCUT2D eigenvalue weighted by molar-refractivity contribution is -0.104. The summed E-state index contributed by atoms with van der Waals surface area (Å²) in [7, 11) is 0. The van der Waals surface area contributed by atoms with Crippen molar-refractivity contribution in [3.05, 3.63) is 23.3 Å². The maximum atomic E-state index is 10.0. The summed E-state index contributed by atoms with van der Waals surface area (Å²) in [6.45, 7) is 4.02. The number of nitriles is 1. The fourth-order valence-corrected chi connectivity index (χ4v) is 0.775. The van der Waals surface area contributed by atoms with E-state index >= 15 is 0 Å². The van der Waals surface area contributed by atoms with E-state index in [4.69, 9.17) is 5.26 Å². The second-order valence-corrected chi connectivity index (χ2v) is 2.76. The summed E-state index contributed by atoms with van der Waals surface area (Å²) in [5.74, 6) is 0. The Hall–Kier alpha value is -1.36. The molecule has 0 atom stereocenters. The first-order valence-electron chi connectivity index (χ1n) is 3.88. The Bertz CT molecular complexity index is 239. The lowest BCUT2D eigenvalue weighted by atomic mass is 10.1. The predicted molar refractivity (Wildman–Crippen MR) is 48.4 cm³/mol. The van der Waals surface area contributed by atoms with E-state index in [9.17, 15) is 4.79 Å². The van der Waals surface area contributed by atoms with Crippen molar-refractivity contribution >= 4 is 6.29 Å². The quantitative estimate of drug-likeness (QED) is 0.276. The highest BCUT2D eigenvalue weighted by atomic mass is 16.1. The van der Waals surface area contributed by atoms with E-state index < -0.39 is 0 Å². The molecule has 0 unspecified atom stereocenters. The summed E-state index contributed by atoms with van der Waals surface area (Å²) in [5.41, 5.74) is 1.78. The van der Waals surface area contributed by atoms with Crippen molar-refractivity contribution in [1.82, 2.24) is 0 Å². The van der Waals surface area contributed by atoms with E-state index in [-0.39, 0.29) is 0 Å². The highest BCUT2D eigenvalue weighted by Gasteiger charge is 1.92. The van der Waals surface area contributed by atoms with Gasteiger partial charge in [-0.15, -0.1) is 0 Å². The fraction of sp³-hybridized carbons (Fsp3) is 0.400. The van der Waals surface area contributed by atoms with Crippen molar-refractivity contribution < 1.29 is 4.79 Å². The molecule has 2 heteroatoms. The topological polar surface area (TPSA) is 40.9 Å². The van der Waals surface area contributed by atoms with E-state index in [1.165, 1.54) is 11.6 Å². The van der Waals surface area contributed by atoms with Crippen molar-refractivity contribution in [3.63, 3.8) is 0 Å². The summed E-state index contributed by atoms with van der Waals surface area (Å²) in [4.78, 5) is 10.0. The normalized spacial score (nSPS) is 10.2. The van der Waals surface area contributed by atoms with Crippen molar-refractivity contribution in [1.29, 1.82) is 5.26 Å². The summed E-state index contributed by atoms with van der Waals surface area (Å²) >= 11 is 0. The monoisotopic (exact) mass is 163 g/mol. The SMILES string of the molecule is CC(C)=CCCC(C#N)=CC=O. The molecule has 0 heterocycles. The van der Waals surface area contributed by atoms with Gasteiger partial charge in [0.2, 0.25) is 0 Å². The number of carbonyl (C=O) groups is 1. The first kappa shape index (κ1) is 10.6. The molecule has 0 aromatic carbocycles. The summed E-state index contributed by atoms with van der Waals surface area (Å²) in [6.07, 6.45) is 5.51. The van der Waals surface area contributed by atoms with Gasteiger partial charge < -0.3 is 0 Å². The molecule has 12 heavy (non-hydrogen) atoms. The minimum atomic E-state index is 0.544. The van der Waals surface area contributed by atoms with Gasteiger partial charge in [-0.25, -0.2) is 0 Å². The lowest BCUT2D eigenvalue weighted by Gasteiger charge is -1.92. The molecule has 64 valence electrons. The highest BCUT2D eigenvalue weighted by Crippen LogP contribution is 2.05. The van der Waals surface area contributed by atoms with Gasteiger partial charge in [0.05, 0.1) is 6.07 Å². The number of allylic oxidation sites excluding steroid dienone is 4. The first-order chi connectivity index (χ1) is 5.70. The standard InChI is InChI=1S/C10H13NO/c1-9(2)4-3-5-10(8-11)6-7-12/h4,6-7H,3,5H2,1-2H3. The zero-order valence-corrected chi connectivity index (χ0v) is 7.50. The molecule has 0 saturated carbocycles. The Morgan fingerprint density at radius 1 is 1.50 bits per heavy atom. The number of hydrogen-bond acceptors (Lipinski definition) is 2. The van der Waals surface area contributed by atoms with E-state index in [1.54, 1.807) is 0 Å². The Morgan fingerprint density at radius 2 is 2.17 bits per heavy atom. The van der Waals surface area contributed by atoms with Crippen LogP contribution in [0, 0.1) is 11.3 Å². The molecule has 0 aromatic heterocycles. The molecule has 0 aliphatic rings. The molecule has 0 saturated heterocycles. The van der Waals surface area contributed by atoms with Crippen LogP contribution in [0.5, 0.6) is 0 Å². The molecule has 0 spiro atoms. The number of carbonyl (C=O) groups excluding carboxylic acids is 1. The van der Waals surface area contributed by atoms with Crippen molar-refractivity contribution in [2.75, 3.05) is 0 Å². The average molecular weight is 163 g/mol. The summed E-state index contributed by atoms with van der Waals surface area (Å²) in [5, 5.41) is 8.52. The number of aldehydes is 1. The third-order valence-corrected chi connectivity index (χ3v) is 1.38. The summed E-state index contributed by atoms with van der Waals surface area (Å²) < 4.78 is 0. The van der Waals surface area contributed by atoms with Gasteiger partial charge in [-0.05, 0) is 32.8 Å². The molecule has 0 fully saturated rings. The van der Waals surface area contributed by atoms with Crippen LogP contribution in [0.25, 0.3) is 0 Å². The Balaban J connectivity index is 3.92. The Kier molecular flexibility index (Phi) is 5.64. The molecule has 0 rings (SSSR count). The van der Waals surface area contributed by atoms with Crippen LogP contribution in [0.3, 0.4) is 0 Å². The van der Waals surface area contributed by atoms with Crippen LogP contribution < -0.4 is 0 Å². The third-order valence-electron chi connectivity index (χ3n) is 1.38. The predicted octanol–water partition coefficient (Wildman–Crippen LogP) is 2.38. The van der Waals surface area contributed by atoms with Crippen LogP contribution >= 0.6 is 0 Å². The average Bonchev–Trinajstić information content (AvgIpc) is 2.02. The van der Waals surface area contributed by atoms with Gasteiger partial charge >= 0.3 is 0 Å². The van der Waals surface area contributed by atoms with Gasteiger partial charge in [0.25, 0.3) is 0 Å². The van der Waals surface area contributed by atoms with Gasteiger partial charge in [0.15, 0.2) is 0 Å². The molecule has 0 radical (unpaired) electrons. The molecule has 0 aliphatic heterocycles. The second-order valence-electron chi connectivity index (χ2n) is 2.76. The maximum absolute atomic E-state index is 10.0. The van der Waals surface area contributed by atoms with E-state index in [0.29, 0.717) is 18.3 Å². The van der Waals surface area contributed by atoms with Gasteiger partial charge in [-0.1, -0.05) is 11.6 Å². The molecule has 0 bridgehead atoms. The molecule has 0 amide bonds. The van der Waals surface area contributed by atoms with Gasteiger partial charge in [0.1, 0.15) is 6.29 Å². The number of hydrogen-bond donors (Lipinski definition) is 0. The van der Waals surface area contributed by atoms with E-state index in [0.717, 1.165) is 6.42 Å². The molecule has 2 nitrogen and oxygen atoms in total. The molecule has 0 N–H and O–H groups in total. The first-order valence-corrected chi connectivity index (χ1v) is 3.88. The number of rotatable bonds is 4. The molecular weight excluding hydrogens is 150 g/mol. The highest BCUT2D eigenvalue weighted by molar-refractivity contribution is 5.67. The van der Waals surface area contributed by atoms with Crippen LogP contribution in [0.4, 0.5) is 0 Å². The zero-order valence-electron chi connectivity index (χ0n) is 7.50. The van der Waals surface area contributed by atoms with Crippen LogP contribution in [-0.4, -0.2) is 6.29 Å². The minimum Gasteiger partial charge on any atom is -0.299 e. The Labute approximate surface area is 73.2 Å². The van der Waals surface area contributed by atoms with Crippen LogP contribution in [0.15, 0.2) is 23.3 Å². The van der Waals surface area contributed by atoms with Gasteiger partial charge in [0, 0.05) is 5.57 Å². The van der Waals surface area contributed by atoms with Crippen molar-refractivity contribution in [3.8, 4) is 6.07 Å². The van der Waals surface area contributed by atoms with Crippen LogP contribution in [0.1, 0.15) is 26.7 Å². The van der Waals surface area contributed by atoms with Gasteiger partial charge in [-0.3, -0.25) is 4.79 Å². The lowest BCUT2D eigenvalue weighted by Crippen LogP contribution is -1.79. The van der Waals surface area contributed by atoms with Gasteiger partial charge in [-0.2, -0.15) is 5.26 Å². The van der Waals surface area contributed by atoms with Crippen molar-refractivity contribution in [2.45, 2.75) is 26.7 Å². The molecule has 0 aromatic rings. The second kappa shape index (κ2) is 6.36. The van der Waals surface area contributed by atoms with E-state index in [2.05, 4.69) is 6.08 Å². The molecule has 0 aliphatic carbocycles. The molecular formula is C10H13NO. The summed E-state index contributed by atoms with van der Waals surface area (Å²) in [6, 6.07) is 1.98. The third kappa shape index (κ3) is 5.43. The largest absolute Gasteiger partial charge is 0.299 e. The van der Waals surface area contributed by atoms with Crippen molar-refractivity contribution in [2.24, 2.45) is 0 Å².